The second-order valence-electron chi connectivity index (χ2n) is 2.14. The molecule has 0 amide bonds. The van der Waals surface area contributed by atoms with Gasteiger partial charge in [-0.25, -0.2) is 0 Å². The summed E-state index contributed by atoms with van der Waals surface area (Å²) in [5, 5.41) is 0. The first kappa shape index (κ1) is 13.2. The summed E-state index contributed by atoms with van der Waals surface area (Å²) in [5.41, 5.74) is 0. The van der Waals surface area contributed by atoms with E-state index in [2.05, 4.69) is 6.58 Å². The predicted octanol–water partition coefficient (Wildman–Crippen LogP) is 1.05. The second kappa shape index (κ2) is 6.60. The van der Waals surface area contributed by atoms with Crippen LogP contribution >= 0.6 is 0 Å². The van der Waals surface area contributed by atoms with Crippen LogP contribution < -0.4 is 0 Å². The van der Waals surface area contributed by atoms with Gasteiger partial charge in [0.2, 0.25) is 0 Å². The van der Waals surface area contributed by atoms with Crippen molar-refractivity contribution in [2.24, 2.45) is 0 Å². The summed E-state index contributed by atoms with van der Waals surface area (Å²) in [5.74, 6) is 0.234. The van der Waals surface area contributed by atoms with Gasteiger partial charge in [0.25, 0.3) is 5.95 Å². The largest absolute Gasteiger partial charge is 0.750 e. The zero-order chi connectivity index (χ0) is 11.0. The molecule has 0 rings (SSSR count). The van der Waals surface area contributed by atoms with Gasteiger partial charge in [-0.1, -0.05) is 12.7 Å². The quantitative estimate of drug-likeness (QED) is 0.364. The summed E-state index contributed by atoms with van der Waals surface area (Å²) < 4.78 is 25.3. The summed E-state index contributed by atoms with van der Waals surface area (Å²) in [4.78, 5) is 0. The Hall–Kier alpha value is -0.823. The maximum absolute atomic E-state index is 5.32. The zero-order valence-electron chi connectivity index (χ0n) is 8.90. The average molecular weight is 220 g/mol. The number of rotatable bonds is 7. The molecule has 82 valence electrons. The Morgan fingerprint density at radius 2 is 1.57 bits per heavy atom. The van der Waals surface area contributed by atoms with E-state index in [0.29, 0.717) is 0 Å². The molecule has 0 saturated heterocycles. The lowest BCUT2D eigenvalue weighted by Gasteiger charge is -2.23. The first-order valence-electron chi connectivity index (χ1n) is 3.89. The van der Waals surface area contributed by atoms with Crippen LogP contribution in [0.2, 0.25) is 0 Å². The molecule has 0 unspecified atom stereocenters. The smallest absolute Gasteiger partial charge is 0.470 e. The lowest BCUT2D eigenvalue weighted by atomic mass is 10.6. The Morgan fingerprint density at radius 3 is 1.86 bits per heavy atom. The fourth-order valence-electron chi connectivity index (χ4n) is 0.738. The monoisotopic (exact) mass is 220 g/mol. The standard InChI is InChI=1S/C8H16O5Si/c1-6-7-8(9-2)13-14(10-3,11-4)12-5/h6-7H,1H2,2-5H3/b8-7+. The second-order valence-corrected chi connectivity index (χ2v) is 4.57. The van der Waals surface area contributed by atoms with E-state index in [1.54, 1.807) is 6.08 Å². The normalized spacial score (nSPS) is 12.4. The third kappa shape index (κ3) is 3.50. The SMILES string of the molecule is C=C/C=C(\OC)O[Si](OC)(OC)OC. The number of hydrogen-bond acceptors (Lipinski definition) is 5. The minimum Gasteiger partial charge on any atom is -0.470 e. The third-order valence-electron chi connectivity index (χ3n) is 1.43. The van der Waals surface area contributed by atoms with Crippen LogP contribution in [0.15, 0.2) is 24.7 Å². The van der Waals surface area contributed by atoms with Crippen LogP contribution in [-0.2, 0) is 22.4 Å². The van der Waals surface area contributed by atoms with Gasteiger partial charge in [-0.2, -0.15) is 0 Å². The van der Waals surface area contributed by atoms with E-state index in [1.807, 2.05) is 0 Å². The molecule has 0 aliphatic rings. The number of methoxy groups -OCH3 is 1. The lowest BCUT2D eigenvalue weighted by molar-refractivity contribution is -0.00887. The van der Waals surface area contributed by atoms with Crippen molar-refractivity contribution in [3.63, 3.8) is 0 Å². The van der Waals surface area contributed by atoms with E-state index < -0.39 is 9.05 Å². The van der Waals surface area contributed by atoms with Crippen LogP contribution in [0.1, 0.15) is 0 Å². The highest BCUT2D eigenvalue weighted by atomic mass is 28.4. The van der Waals surface area contributed by atoms with Crippen molar-refractivity contribution in [1.82, 2.24) is 0 Å². The molecule has 14 heavy (non-hydrogen) atoms. The Morgan fingerprint density at radius 1 is 1.07 bits per heavy atom. The Balaban J connectivity index is 4.55. The summed E-state index contributed by atoms with van der Waals surface area (Å²) in [6.07, 6.45) is 3.07. The van der Waals surface area contributed by atoms with Crippen molar-refractivity contribution in [1.29, 1.82) is 0 Å². The average Bonchev–Trinajstić information content (AvgIpc) is 2.25. The Kier molecular flexibility index (Phi) is 6.22. The van der Waals surface area contributed by atoms with Crippen LogP contribution in [0, 0.1) is 0 Å². The van der Waals surface area contributed by atoms with Gasteiger partial charge in [0.05, 0.1) is 7.11 Å². The topological polar surface area (TPSA) is 46.2 Å². The molecule has 6 heteroatoms. The minimum atomic E-state index is -3.08. The maximum Gasteiger partial charge on any atom is 0.750 e. The van der Waals surface area contributed by atoms with Gasteiger partial charge in [-0.3, -0.25) is 0 Å². The summed E-state index contributed by atoms with van der Waals surface area (Å²) in [6.45, 7) is 3.51. The lowest BCUT2D eigenvalue weighted by Crippen LogP contribution is -2.46. The molecule has 0 fully saturated rings. The number of allylic oxidation sites excluding steroid dienone is 2. The molecule has 0 aliphatic carbocycles. The Bertz CT molecular complexity index is 192. The van der Waals surface area contributed by atoms with Crippen molar-refractivity contribution < 1.29 is 22.4 Å². The molecule has 5 nitrogen and oxygen atoms in total. The first-order chi connectivity index (χ1) is 6.67. The van der Waals surface area contributed by atoms with Crippen molar-refractivity contribution in [3.8, 4) is 0 Å². The van der Waals surface area contributed by atoms with E-state index in [1.165, 1.54) is 34.5 Å². The fourth-order valence-corrected chi connectivity index (χ4v) is 1.89. The van der Waals surface area contributed by atoms with Gasteiger partial charge in [0.1, 0.15) is 0 Å². The molecule has 0 heterocycles. The van der Waals surface area contributed by atoms with Crippen molar-refractivity contribution in [2.75, 3.05) is 28.4 Å². The van der Waals surface area contributed by atoms with Gasteiger partial charge in [0.15, 0.2) is 0 Å². The van der Waals surface area contributed by atoms with E-state index in [9.17, 15) is 0 Å². The van der Waals surface area contributed by atoms with E-state index in [0.717, 1.165) is 0 Å². The molecular weight excluding hydrogens is 204 g/mol. The summed E-state index contributed by atoms with van der Waals surface area (Å²) in [6, 6.07) is 0. The molecule has 0 aliphatic heterocycles. The Labute approximate surface area is 85.4 Å². The molecule has 0 aromatic heterocycles. The van der Waals surface area contributed by atoms with Crippen molar-refractivity contribution in [3.05, 3.63) is 24.7 Å². The molecule has 0 atom stereocenters. The molecular formula is C8H16O5Si. The molecule has 0 radical (unpaired) electrons. The highest BCUT2D eigenvalue weighted by Crippen LogP contribution is 2.13. The van der Waals surface area contributed by atoms with E-state index in [4.69, 9.17) is 22.4 Å². The van der Waals surface area contributed by atoms with Crippen LogP contribution in [0.3, 0.4) is 0 Å². The van der Waals surface area contributed by atoms with Crippen molar-refractivity contribution >= 4 is 9.05 Å². The van der Waals surface area contributed by atoms with E-state index >= 15 is 0 Å². The van der Waals surface area contributed by atoms with E-state index in [-0.39, 0.29) is 5.95 Å². The zero-order valence-corrected chi connectivity index (χ0v) is 9.90. The van der Waals surface area contributed by atoms with Crippen LogP contribution in [0.25, 0.3) is 0 Å². The van der Waals surface area contributed by atoms with Gasteiger partial charge < -0.3 is 22.4 Å². The number of hydrogen-bond donors (Lipinski definition) is 0. The van der Waals surface area contributed by atoms with Gasteiger partial charge >= 0.3 is 9.05 Å². The third-order valence-corrected chi connectivity index (χ3v) is 3.38. The molecule has 0 aromatic rings. The molecule has 0 N–H and O–H groups in total. The van der Waals surface area contributed by atoms with Crippen molar-refractivity contribution in [2.45, 2.75) is 0 Å². The van der Waals surface area contributed by atoms with Gasteiger partial charge in [0, 0.05) is 27.4 Å². The predicted molar refractivity (Wildman–Crippen MR) is 53.2 cm³/mol. The fraction of sp³-hybridized carbons (Fsp3) is 0.500. The summed E-state index contributed by atoms with van der Waals surface area (Å²) in [7, 11) is 2.72. The first-order valence-corrected chi connectivity index (χ1v) is 5.52. The highest BCUT2D eigenvalue weighted by Gasteiger charge is 2.46. The number of ether oxygens (including phenoxy) is 1. The molecule has 0 bridgehead atoms. The highest BCUT2D eigenvalue weighted by molar-refractivity contribution is 6.53. The molecule has 0 spiro atoms. The maximum atomic E-state index is 5.32. The minimum absolute atomic E-state index is 0.234. The molecule has 0 saturated carbocycles. The molecule has 0 aromatic carbocycles. The summed E-state index contributed by atoms with van der Waals surface area (Å²) >= 11 is 0. The van der Waals surface area contributed by atoms with Crippen LogP contribution in [-0.4, -0.2) is 37.5 Å². The van der Waals surface area contributed by atoms with Gasteiger partial charge in [-0.05, 0) is 0 Å². The van der Waals surface area contributed by atoms with Crippen LogP contribution in [0.4, 0.5) is 0 Å². The van der Waals surface area contributed by atoms with Crippen LogP contribution in [0.5, 0.6) is 0 Å². The van der Waals surface area contributed by atoms with Gasteiger partial charge in [-0.15, -0.1) is 0 Å².